The molecule has 5 rings (SSSR count). The number of carbonyl (C=O) groups excluding carboxylic acids is 1. The molecule has 0 bridgehead atoms. The van der Waals surface area contributed by atoms with E-state index in [2.05, 4.69) is 27.5 Å². The van der Waals surface area contributed by atoms with Crippen molar-refractivity contribution >= 4 is 28.3 Å². The van der Waals surface area contributed by atoms with Crippen LogP contribution in [-0.4, -0.2) is 60.5 Å². The maximum atomic E-state index is 14.3. The van der Waals surface area contributed by atoms with Crippen molar-refractivity contribution in [1.82, 2.24) is 14.8 Å². The molecule has 2 N–H and O–H groups in total. The predicted molar refractivity (Wildman–Crippen MR) is 125 cm³/mol. The van der Waals surface area contributed by atoms with Crippen LogP contribution in [-0.2, 0) is 11.2 Å². The minimum atomic E-state index is -0.157. The number of hydrogen-bond donors (Lipinski definition) is 2. The number of anilines is 2. The van der Waals surface area contributed by atoms with Crippen molar-refractivity contribution in [2.24, 2.45) is 0 Å². The summed E-state index contributed by atoms with van der Waals surface area (Å²) in [5.74, 6) is 0.572. The van der Waals surface area contributed by atoms with Crippen molar-refractivity contribution in [3.8, 4) is 0 Å². The lowest BCUT2D eigenvalue weighted by molar-refractivity contribution is -0.117. The van der Waals surface area contributed by atoms with Crippen LogP contribution < -0.4 is 10.6 Å². The van der Waals surface area contributed by atoms with Crippen LogP contribution in [0, 0.1) is 5.82 Å². The maximum Gasteiger partial charge on any atom is 0.238 e. The Kier molecular flexibility index (Phi) is 5.76. The second-order valence-corrected chi connectivity index (χ2v) is 8.78. The van der Waals surface area contributed by atoms with Gasteiger partial charge in [0.15, 0.2) is 0 Å². The Morgan fingerprint density at radius 1 is 1.12 bits per heavy atom. The molecule has 0 saturated carbocycles. The number of fused-ring (bicyclic) bond motifs is 2. The first-order valence-corrected chi connectivity index (χ1v) is 11.2. The molecule has 1 amide bonds. The van der Waals surface area contributed by atoms with Crippen LogP contribution in [0.15, 0.2) is 48.5 Å². The minimum absolute atomic E-state index is 0.00192. The molecule has 1 saturated heterocycles. The van der Waals surface area contributed by atoms with Gasteiger partial charge in [-0.15, -0.1) is 0 Å². The van der Waals surface area contributed by atoms with Gasteiger partial charge in [0.2, 0.25) is 5.91 Å². The topological polar surface area (TPSA) is 60.5 Å². The Morgan fingerprint density at radius 2 is 1.97 bits per heavy atom. The number of halogens is 1. The Bertz CT molecular complexity index is 1140. The molecule has 3 aromatic rings. The van der Waals surface area contributed by atoms with Gasteiger partial charge in [-0.1, -0.05) is 12.1 Å². The lowest BCUT2D eigenvalue weighted by Gasteiger charge is -2.31. The molecular weight excluding hydrogens is 405 g/mol. The highest BCUT2D eigenvalue weighted by Gasteiger charge is 2.25. The van der Waals surface area contributed by atoms with Crippen molar-refractivity contribution < 1.29 is 9.18 Å². The highest BCUT2D eigenvalue weighted by molar-refractivity contribution is 5.95. The normalized spacial score (nSPS) is 19.1. The fraction of sp³-hybridized carbons (Fsp3) is 0.360. The number of piperazine rings is 1. The molecule has 2 aliphatic rings. The van der Waals surface area contributed by atoms with E-state index in [0.29, 0.717) is 6.54 Å². The summed E-state index contributed by atoms with van der Waals surface area (Å²) in [6.45, 7) is 4.22. The molecule has 1 aliphatic heterocycles. The summed E-state index contributed by atoms with van der Waals surface area (Å²) < 4.78 is 14.3. The Balaban J connectivity index is 1.25. The van der Waals surface area contributed by atoms with Gasteiger partial charge in [-0.3, -0.25) is 9.69 Å². The van der Waals surface area contributed by atoms with E-state index in [1.807, 2.05) is 36.4 Å². The third-order valence-corrected chi connectivity index (χ3v) is 6.45. The van der Waals surface area contributed by atoms with Crippen LogP contribution in [0.25, 0.3) is 10.9 Å². The minimum Gasteiger partial charge on any atom is -0.363 e. The summed E-state index contributed by atoms with van der Waals surface area (Å²) >= 11 is 0. The van der Waals surface area contributed by atoms with Gasteiger partial charge in [-0.05, 0) is 61.9 Å². The molecule has 1 fully saturated rings. The van der Waals surface area contributed by atoms with E-state index < -0.39 is 0 Å². The number of amides is 1. The second kappa shape index (κ2) is 8.84. The van der Waals surface area contributed by atoms with E-state index in [1.54, 1.807) is 6.07 Å². The first-order chi connectivity index (χ1) is 15.5. The summed E-state index contributed by atoms with van der Waals surface area (Å²) in [5, 5.41) is 7.35. The van der Waals surface area contributed by atoms with Gasteiger partial charge in [-0.25, -0.2) is 9.37 Å². The second-order valence-electron chi connectivity index (χ2n) is 8.78. The van der Waals surface area contributed by atoms with Gasteiger partial charge in [0.25, 0.3) is 0 Å². The van der Waals surface area contributed by atoms with Crippen LogP contribution in [0.2, 0.25) is 0 Å². The molecule has 1 unspecified atom stereocenters. The zero-order valence-corrected chi connectivity index (χ0v) is 18.3. The molecule has 0 radical (unpaired) electrons. The molecular formula is C25H28FN5O. The Labute approximate surface area is 187 Å². The van der Waals surface area contributed by atoms with E-state index in [1.165, 1.54) is 6.07 Å². The van der Waals surface area contributed by atoms with E-state index in [4.69, 9.17) is 4.98 Å². The number of nitrogens with zero attached hydrogens (tertiary/aromatic N) is 3. The quantitative estimate of drug-likeness (QED) is 0.643. The highest BCUT2D eigenvalue weighted by atomic mass is 19.1. The molecule has 0 spiro atoms. The highest BCUT2D eigenvalue weighted by Crippen LogP contribution is 2.35. The summed E-state index contributed by atoms with van der Waals surface area (Å²) in [4.78, 5) is 21.6. The average Bonchev–Trinajstić information content (AvgIpc) is 3.19. The van der Waals surface area contributed by atoms with Gasteiger partial charge in [-0.2, -0.15) is 0 Å². The summed E-state index contributed by atoms with van der Waals surface area (Å²) in [6.07, 6.45) is 1.73. The number of rotatable bonds is 5. The molecule has 2 aromatic carbocycles. The fourth-order valence-corrected chi connectivity index (χ4v) is 4.65. The number of pyridine rings is 1. The first kappa shape index (κ1) is 20.8. The summed E-state index contributed by atoms with van der Waals surface area (Å²) in [5.41, 5.74) is 3.43. The number of nitrogens with one attached hydrogen (secondary N) is 2. The van der Waals surface area contributed by atoms with Gasteiger partial charge in [0, 0.05) is 42.8 Å². The summed E-state index contributed by atoms with van der Waals surface area (Å²) in [7, 11) is 2.10. The van der Waals surface area contributed by atoms with Crippen LogP contribution in [0.3, 0.4) is 0 Å². The smallest absolute Gasteiger partial charge is 0.238 e. The van der Waals surface area contributed by atoms with E-state index in [0.717, 1.165) is 72.6 Å². The number of aromatic nitrogens is 1. The Hall–Kier alpha value is -3.03. The van der Waals surface area contributed by atoms with Crippen LogP contribution in [0.5, 0.6) is 0 Å². The van der Waals surface area contributed by atoms with Crippen molar-refractivity contribution in [2.75, 3.05) is 50.4 Å². The molecule has 1 aliphatic carbocycles. The zero-order valence-electron chi connectivity index (χ0n) is 18.3. The van der Waals surface area contributed by atoms with E-state index >= 15 is 0 Å². The van der Waals surface area contributed by atoms with Gasteiger partial charge in [0.05, 0.1) is 18.1 Å². The Morgan fingerprint density at radius 3 is 2.81 bits per heavy atom. The number of hydrogen-bond acceptors (Lipinski definition) is 5. The largest absolute Gasteiger partial charge is 0.363 e. The van der Waals surface area contributed by atoms with Crippen molar-refractivity contribution in [3.05, 3.63) is 65.5 Å². The number of benzene rings is 2. The number of carbonyl (C=O) groups is 1. The third-order valence-electron chi connectivity index (χ3n) is 6.45. The third kappa shape index (κ3) is 4.45. The lowest BCUT2D eigenvalue weighted by Crippen LogP contribution is -2.47. The molecule has 2 heterocycles. The van der Waals surface area contributed by atoms with Crippen molar-refractivity contribution in [3.63, 3.8) is 0 Å². The lowest BCUT2D eigenvalue weighted by atomic mass is 10.1. The molecule has 7 heteroatoms. The van der Waals surface area contributed by atoms with Gasteiger partial charge in [0.1, 0.15) is 11.6 Å². The molecule has 6 nitrogen and oxygen atoms in total. The van der Waals surface area contributed by atoms with Crippen LogP contribution >= 0.6 is 0 Å². The van der Waals surface area contributed by atoms with Crippen LogP contribution in [0.4, 0.5) is 15.9 Å². The molecule has 1 atom stereocenters. The molecule has 32 heavy (non-hydrogen) atoms. The first-order valence-electron chi connectivity index (χ1n) is 11.2. The van der Waals surface area contributed by atoms with Crippen molar-refractivity contribution in [2.45, 2.75) is 18.9 Å². The van der Waals surface area contributed by atoms with E-state index in [-0.39, 0.29) is 17.8 Å². The number of aryl methyl sites for hydroxylation is 1. The van der Waals surface area contributed by atoms with Crippen LogP contribution in [0.1, 0.15) is 23.6 Å². The zero-order chi connectivity index (χ0) is 22.1. The van der Waals surface area contributed by atoms with Gasteiger partial charge < -0.3 is 15.5 Å². The standard InChI is InChI=1S/C25H28FN5O/c1-30-11-13-31(14-12-30)16-24(32)27-19-7-9-21-18(15-19)6-10-23(28-21)29-22-8-5-17-3-2-4-20(26)25(17)22/h2-4,6-7,9-10,15,22H,5,8,11-14,16H2,1H3,(H,27,32)(H,28,29). The SMILES string of the molecule is CN1CCN(CC(=O)Nc2ccc3nc(NC4CCc5cccc(F)c54)ccc3c2)CC1. The number of likely N-dealkylation sites (N-methyl/N-ethyl adjacent to an activating group) is 1. The van der Waals surface area contributed by atoms with Gasteiger partial charge >= 0.3 is 0 Å². The van der Waals surface area contributed by atoms with Crippen molar-refractivity contribution in [1.29, 1.82) is 0 Å². The predicted octanol–water partition coefficient (Wildman–Crippen LogP) is 3.66. The molecule has 1 aromatic heterocycles. The monoisotopic (exact) mass is 433 g/mol. The molecule has 166 valence electrons. The summed E-state index contributed by atoms with van der Waals surface area (Å²) in [6, 6.07) is 14.9. The maximum absolute atomic E-state index is 14.3. The van der Waals surface area contributed by atoms with E-state index in [9.17, 15) is 9.18 Å². The average molecular weight is 434 g/mol. The fourth-order valence-electron chi connectivity index (χ4n) is 4.65.